The molecule has 4 aromatic carbocycles. The zero-order valence-corrected chi connectivity index (χ0v) is 32.3. The molecule has 0 aliphatic rings. The summed E-state index contributed by atoms with van der Waals surface area (Å²) in [5.74, 6) is 2.42. The Morgan fingerprint density at radius 3 is 2.02 bits per heavy atom. The monoisotopic (exact) mass is 688 g/mol. The maximum absolute atomic E-state index is 6.57. The molecule has 0 radical (unpaired) electrons. The molecule has 5 heteroatoms. The minimum Gasteiger partial charge on any atom is -0.457 e. The van der Waals surface area contributed by atoms with Crippen molar-refractivity contribution >= 4 is 21.8 Å². The van der Waals surface area contributed by atoms with Crippen LogP contribution in [0.1, 0.15) is 82.2 Å². The van der Waals surface area contributed by atoms with Crippen molar-refractivity contribution in [1.82, 2.24) is 19.3 Å². The molecular formula is C47H52N4O. The first kappa shape index (κ1) is 35.3. The van der Waals surface area contributed by atoms with Crippen molar-refractivity contribution in [1.29, 1.82) is 0 Å². The van der Waals surface area contributed by atoms with Crippen LogP contribution in [-0.2, 0) is 12.8 Å². The van der Waals surface area contributed by atoms with Crippen molar-refractivity contribution < 1.29 is 4.74 Å². The highest BCUT2D eigenvalue weighted by Gasteiger charge is 2.22. The number of hydrogen-bond acceptors (Lipinski definition) is 3. The van der Waals surface area contributed by atoms with Gasteiger partial charge >= 0.3 is 0 Å². The molecule has 52 heavy (non-hydrogen) atoms. The molecule has 7 rings (SSSR count). The lowest BCUT2D eigenvalue weighted by Gasteiger charge is -2.25. The summed E-state index contributed by atoms with van der Waals surface area (Å²) in [6, 6.07) is 29.6. The highest BCUT2D eigenvalue weighted by Crippen LogP contribution is 2.39. The summed E-state index contributed by atoms with van der Waals surface area (Å²) in [5.41, 5.74) is 13.0. The number of aryl methyl sites for hydroxylation is 3. The van der Waals surface area contributed by atoms with Crippen LogP contribution in [0.15, 0.2) is 104 Å². The number of fused-ring (bicyclic) bond motifs is 3. The molecule has 7 aromatic rings. The van der Waals surface area contributed by atoms with Gasteiger partial charge in [0.2, 0.25) is 0 Å². The van der Waals surface area contributed by atoms with E-state index in [9.17, 15) is 0 Å². The molecule has 0 unspecified atom stereocenters. The van der Waals surface area contributed by atoms with E-state index in [4.69, 9.17) is 14.8 Å². The van der Waals surface area contributed by atoms with E-state index in [1.807, 2.05) is 29.1 Å². The van der Waals surface area contributed by atoms with Gasteiger partial charge in [-0.3, -0.25) is 4.57 Å². The van der Waals surface area contributed by atoms with Crippen molar-refractivity contribution in [2.24, 2.45) is 10.8 Å². The second-order valence-corrected chi connectivity index (χ2v) is 17.0. The average molecular weight is 689 g/mol. The molecule has 0 saturated carbocycles. The van der Waals surface area contributed by atoms with Crippen LogP contribution in [0.4, 0.5) is 0 Å². The Balaban J connectivity index is 1.24. The van der Waals surface area contributed by atoms with Crippen molar-refractivity contribution in [3.8, 4) is 34.1 Å². The maximum atomic E-state index is 6.57. The summed E-state index contributed by atoms with van der Waals surface area (Å²) in [6.07, 6.45) is 10.5. The van der Waals surface area contributed by atoms with Gasteiger partial charge in [-0.25, -0.2) is 9.67 Å². The zero-order chi connectivity index (χ0) is 36.8. The second kappa shape index (κ2) is 13.8. The van der Waals surface area contributed by atoms with Gasteiger partial charge in [-0.15, -0.1) is 0 Å². The number of pyridine rings is 1. The Morgan fingerprint density at radius 2 is 1.33 bits per heavy atom. The van der Waals surface area contributed by atoms with Gasteiger partial charge in [-0.1, -0.05) is 71.9 Å². The van der Waals surface area contributed by atoms with Gasteiger partial charge in [0.05, 0.1) is 22.9 Å². The minimum atomic E-state index is 0.253. The third-order valence-electron chi connectivity index (χ3n) is 10.2. The first-order valence-electron chi connectivity index (χ1n) is 18.7. The normalized spacial score (nSPS) is 12.2. The molecular weight excluding hydrogens is 637 g/mol. The summed E-state index contributed by atoms with van der Waals surface area (Å²) in [5, 5.41) is 7.30. The predicted molar refractivity (Wildman–Crippen MR) is 217 cm³/mol. The van der Waals surface area contributed by atoms with Crippen LogP contribution < -0.4 is 4.74 Å². The molecule has 3 heterocycles. The second-order valence-electron chi connectivity index (χ2n) is 17.0. The molecule has 0 aliphatic heterocycles. The van der Waals surface area contributed by atoms with E-state index >= 15 is 0 Å². The van der Waals surface area contributed by atoms with Crippen molar-refractivity contribution in [2.75, 3.05) is 0 Å². The Morgan fingerprint density at radius 1 is 0.654 bits per heavy atom. The number of rotatable bonds is 9. The van der Waals surface area contributed by atoms with Crippen molar-refractivity contribution in [2.45, 2.75) is 88.0 Å². The average Bonchev–Trinajstić information content (AvgIpc) is 3.70. The number of hydrogen-bond donors (Lipinski definition) is 0. The first-order valence-corrected chi connectivity index (χ1v) is 18.7. The Kier molecular flexibility index (Phi) is 9.33. The Hall–Kier alpha value is -5.16. The van der Waals surface area contributed by atoms with Crippen LogP contribution in [0.3, 0.4) is 0 Å². The van der Waals surface area contributed by atoms with Gasteiger partial charge in [0.1, 0.15) is 17.3 Å². The summed E-state index contributed by atoms with van der Waals surface area (Å²) in [6.45, 7) is 20.7. The molecule has 0 amide bonds. The van der Waals surface area contributed by atoms with Gasteiger partial charge in [0.25, 0.3) is 0 Å². The van der Waals surface area contributed by atoms with E-state index in [1.165, 1.54) is 49.7 Å². The van der Waals surface area contributed by atoms with Crippen molar-refractivity contribution in [3.63, 3.8) is 0 Å². The van der Waals surface area contributed by atoms with Crippen LogP contribution in [-0.4, -0.2) is 19.3 Å². The van der Waals surface area contributed by atoms with E-state index in [0.717, 1.165) is 59.7 Å². The Bertz CT molecular complexity index is 2350. The van der Waals surface area contributed by atoms with Gasteiger partial charge in [0, 0.05) is 40.9 Å². The van der Waals surface area contributed by atoms with Crippen molar-refractivity contribution in [3.05, 3.63) is 131 Å². The van der Waals surface area contributed by atoms with Gasteiger partial charge in [0.15, 0.2) is 0 Å². The van der Waals surface area contributed by atoms with Crippen LogP contribution in [0, 0.1) is 31.6 Å². The molecule has 0 saturated heterocycles. The standard InChI is InChI=1S/C47H52N4O/c1-31-21-24-48-44(25-31)51-42-16-11-10-15-40(42)41-18-17-37(28-43(41)51)52-36-14-12-13-35(27-36)50-30-34(29-49-50)45-38(19-22-46(4,5)6)32(2)26-33(3)39(45)20-23-47(7,8)9/h10-18,21,24-30H,19-20,22-23H2,1-9H3. The summed E-state index contributed by atoms with van der Waals surface area (Å²) in [7, 11) is 0. The Labute approximate surface area is 309 Å². The fourth-order valence-corrected chi connectivity index (χ4v) is 7.39. The van der Waals surface area contributed by atoms with Gasteiger partial charge < -0.3 is 4.74 Å². The molecule has 0 fully saturated rings. The summed E-state index contributed by atoms with van der Waals surface area (Å²) >= 11 is 0. The van der Waals surface area contributed by atoms with E-state index in [0.29, 0.717) is 0 Å². The molecule has 0 bridgehead atoms. The smallest absolute Gasteiger partial charge is 0.137 e. The maximum Gasteiger partial charge on any atom is 0.137 e. The topological polar surface area (TPSA) is 44.9 Å². The summed E-state index contributed by atoms with van der Waals surface area (Å²) in [4.78, 5) is 4.74. The van der Waals surface area contributed by atoms with Crippen LogP contribution in [0.2, 0.25) is 0 Å². The van der Waals surface area contributed by atoms with Crippen LogP contribution in [0.5, 0.6) is 11.5 Å². The third kappa shape index (κ3) is 7.41. The highest BCUT2D eigenvalue weighted by atomic mass is 16.5. The third-order valence-corrected chi connectivity index (χ3v) is 10.2. The predicted octanol–water partition coefficient (Wildman–Crippen LogP) is 12.7. The SMILES string of the molecule is Cc1ccnc(-n2c3ccccc3c3ccc(Oc4cccc(-n5cc(-c6c(CCC(C)(C)C)c(C)cc(C)c6CCC(C)(C)C)cn5)c4)cc32)c1. The van der Waals surface area contributed by atoms with E-state index in [-0.39, 0.29) is 10.8 Å². The molecule has 3 aromatic heterocycles. The van der Waals surface area contributed by atoms with Gasteiger partial charge in [-0.2, -0.15) is 5.10 Å². The molecule has 5 nitrogen and oxygen atoms in total. The zero-order valence-electron chi connectivity index (χ0n) is 32.3. The van der Waals surface area contributed by atoms with E-state index in [2.05, 4.69) is 146 Å². The molecule has 0 atom stereocenters. The molecule has 266 valence electrons. The van der Waals surface area contributed by atoms with Crippen LogP contribution >= 0.6 is 0 Å². The number of para-hydroxylation sites is 1. The number of nitrogens with zero attached hydrogens (tertiary/aromatic N) is 4. The number of benzene rings is 4. The largest absolute Gasteiger partial charge is 0.457 e. The lowest BCUT2D eigenvalue weighted by Crippen LogP contribution is -2.11. The lowest BCUT2D eigenvalue weighted by atomic mass is 9.80. The van der Waals surface area contributed by atoms with Gasteiger partial charge in [-0.05, 0) is 133 Å². The first-order chi connectivity index (χ1) is 24.7. The lowest BCUT2D eigenvalue weighted by molar-refractivity contribution is 0.376. The highest BCUT2D eigenvalue weighted by molar-refractivity contribution is 6.09. The quantitative estimate of drug-likeness (QED) is 0.152. The van der Waals surface area contributed by atoms with E-state index in [1.54, 1.807) is 0 Å². The molecule has 0 N–H and O–H groups in total. The fourth-order valence-electron chi connectivity index (χ4n) is 7.39. The summed E-state index contributed by atoms with van der Waals surface area (Å²) < 4.78 is 10.8. The fraction of sp³-hybridized carbons (Fsp3) is 0.319. The molecule has 0 aliphatic carbocycles. The van der Waals surface area contributed by atoms with Crippen LogP contribution in [0.25, 0.3) is 44.4 Å². The van der Waals surface area contributed by atoms with E-state index < -0.39 is 0 Å². The number of ether oxygens (including phenoxy) is 1. The molecule has 0 spiro atoms. The minimum absolute atomic E-state index is 0.253. The number of aromatic nitrogens is 4.